The van der Waals surface area contributed by atoms with E-state index >= 15 is 0 Å². The Morgan fingerprint density at radius 1 is 1.21 bits per heavy atom. The van der Waals surface area contributed by atoms with Crippen molar-refractivity contribution in [2.75, 3.05) is 0 Å². The molecule has 0 bridgehead atoms. The lowest BCUT2D eigenvalue weighted by Gasteiger charge is -2.21. The second kappa shape index (κ2) is 3.16. The van der Waals surface area contributed by atoms with Gasteiger partial charge in [-0.15, -0.1) is 0 Å². The molecule has 0 radical (unpaired) electrons. The standard InChI is InChI=1S/C9H10F3NO/c1-9(2,13)6-5(14)3-4(10)7(11)8(6)12/h3,14H,13H2,1-2H3. The summed E-state index contributed by atoms with van der Waals surface area (Å²) in [6.45, 7) is 2.75. The van der Waals surface area contributed by atoms with Crippen molar-refractivity contribution in [2.45, 2.75) is 19.4 Å². The Bertz CT molecular complexity index is 371. The van der Waals surface area contributed by atoms with E-state index in [9.17, 15) is 18.3 Å². The van der Waals surface area contributed by atoms with E-state index < -0.39 is 34.3 Å². The molecule has 0 aliphatic heterocycles. The molecule has 5 heteroatoms. The van der Waals surface area contributed by atoms with Crippen LogP contribution in [0.1, 0.15) is 19.4 Å². The van der Waals surface area contributed by atoms with Gasteiger partial charge >= 0.3 is 0 Å². The second-order valence-corrected chi connectivity index (χ2v) is 3.60. The Hall–Kier alpha value is -1.23. The summed E-state index contributed by atoms with van der Waals surface area (Å²) >= 11 is 0. The van der Waals surface area contributed by atoms with Crippen LogP contribution in [-0.4, -0.2) is 5.11 Å². The van der Waals surface area contributed by atoms with Gasteiger partial charge in [0.15, 0.2) is 17.5 Å². The number of phenols is 1. The molecule has 0 unspecified atom stereocenters. The van der Waals surface area contributed by atoms with Gasteiger partial charge in [-0.2, -0.15) is 0 Å². The summed E-state index contributed by atoms with van der Waals surface area (Å²) in [7, 11) is 0. The Balaban J connectivity index is 3.53. The van der Waals surface area contributed by atoms with Gasteiger partial charge in [0.1, 0.15) is 5.75 Å². The third-order valence-corrected chi connectivity index (χ3v) is 1.79. The van der Waals surface area contributed by atoms with Gasteiger partial charge in [0.05, 0.1) is 5.56 Å². The predicted octanol–water partition coefficient (Wildman–Crippen LogP) is 2.00. The van der Waals surface area contributed by atoms with Crippen LogP contribution in [-0.2, 0) is 5.54 Å². The molecule has 0 saturated carbocycles. The summed E-state index contributed by atoms with van der Waals surface area (Å²) in [5.41, 5.74) is 3.78. The van der Waals surface area contributed by atoms with E-state index in [1.807, 2.05) is 0 Å². The van der Waals surface area contributed by atoms with E-state index in [0.29, 0.717) is 6.07 Å². The van der Waals surface area contributed by atoms with E-state index in [-0.39, 0.29) is 0 Å². The van der Waals surface area contributed by atoms with Crippen molar-refractivity contribution in [3.63, 3.8) is 0 Å². The van der Waals surface area contributed by atoms with Crippen LogP contribution < -0.4 is 5.73 Å². The molecule has 78 valence electrons. The highest BCUT2D eigenvalue weighted by molar-refractivity contribution is 5.39. The number of nitrogens with two attached hydrogens (primary N) is 1. The molecule has 3 N–H and O–H groups in total. The molecule has 0 aromatic heterocycles. The van der Waals surface area contributed by atoms with Crippen molar-refractivity contribution in [3.8, 4) is 5.75 Å². The number of benzene rings is 1. The average Bonchev–Trinajstić information content (AvgIpc) is 1.97. The Kier molecular flexibility index (Phi) is 2.45. The fourth-order valence-electron chi connectivity index (χ4n) is 1.20. The third kappa shape index (κ3) is 1.68. The molecule has 14 heavy (non-hydrogen) atoms. The lowest BCUT2D eigenvalue weighted by atomic mass is 9.94. The Morgan fingerprint density at radius 3 is 2.14 bits per heavy atom. The topological polar surface area (TPSA) is 46.2 Å². The van der Waals surface area contributed by atoms with Gasteiger partial charge in [0.25, 0.3) is 0 Å². The molecule has 0 aliphatic rings. The number of halogens is 3. The monoisotopic (exact) mass is 205 g/mol. The molecule has 0 spiro atoms. The van der Waals surface area contributed by atoms with Crippen LogP contribution in [0.25, 0.3) is 0 Å². The Labute approximate surface area is 79.2 Å². The lowest BCUT2D eigenvalue weighted by Crippen LogP contribution is -2.30. The quantitative estimate of drug-likeness (QED) is 0.689. The molecule has 0 aliphatic carbocycles. The molecular formula is C9H10F3NO. The maximum absolute atomic E-state index is 13.2. The predicted molar refractivity (Wildman–Crippen MR) is 45.2 cm³/mol. The zero-order valence-electron chi connectivity index (χ0n) is 7.74. The molecule has 0 amide bonds. The number of hydrogen-bond donors (Lipinski definition) is 2. The first-order valence-corrected chi connectivity index (χ1v) is 3.91. The number of rotatable bonds is 1. The van der Waals surface area contributed by atoms with Crippen molar-refractivity contribution >= 4 is 0 Å². The minimum Gasteiger partial charge on any atom is -0.507 e. The minimum absolute atomic E-state index is 0.434. The van der Waals surface area contributed by atoms with E-state index in [2.05, 4.69) is 0 Å². The summed E-state index contributed by atoms with van der Waals surface area (Å²) in [4.78, 5) is 0. The minimum atomic E-state index is -1.63. The molecule has 0 heterocycles. The summed E-state index contributed by atoms with van der Waals surface area (Å²) in [5, 5.41) is 9.21. The average molecular weight is 205 g/mol. The van der Waals surface area contributed by atoms with Gasteiger partial charge in [-0.3, -0.25) is 0 Å². The van der Waals surface area contributed by atoms with Crippen LogP contribution in [0.3, 0.4) is 0 Å². The maximum Gasteiger partial charge on any atom is 0.195 e. The van der Waals surface area contributed by atoms with Gasteiger partial charge in [-0.05, 0) is 13.8 Å². The van der Waals surface area contributed by atoms with Crippen molar-refractivity contribution in [1.82, 2.24) is 0 Å². The Morgan fingerprint density at radius 2 is 1.71 bits per heavy atom. The molecule has 0 saturated heterocycles. The van der Waals surface area contributed by atoms with Crippen molar-refractivity contribution in [1.29, 1.82) is 0 Å². The number of hydrogen-bond acceptors (Lipinski definition) is 2. The fraction of sp³-hybridized carbons (Fsp3) is 0.333. The number of aromatic hydroxyl groups is 1. The van der Waals surface area contributed by atoms with Crippen LogP contribution in [0.4, 0.5) is 13.2 Å². The SMILES string of the molecule is CC(C)(N)c1c(O)cc(F)c(F)c1F. The fourth-order valence-corrected chi connectivity index (χ4v) is 1.20. The molecule has 1 aromatic carbocycles. The van der Waals surface area contributed by atoms with Crippen molar-refractivity contribution in [3.05, 3.63) is 29.1 Å². The highest BCUT2D eigenvalue weighted by atomic mass is 19.2. The molecule has 2 nitrogen and oxygen atoms in total. The van der Waals surface area contributed by atoms with Crippen LogP contribution in [0.2, 0.25) is 0 Å². The number of phenolic OH excluding ortho intramolecular Hbond substituents is 1. The van der Waals surface area contributed by atoms with Crippen LogP contribution in [0, 0.1) is 17.5 Å². The normalized spacial score (nSPS) is 11.9. The van der Waals surface area contributed by atoms with Crippen LogP contribution in [0.15, 0.2) is 6.07 Å². The summed E-state index contributed by atoms with van der Waals surface area (Å²) in [6.07, 6.45) is 0. The van der Waals surface area contributed by atoms with Crippen molar-refractivity contribution in [2.24, 2.45) is 5.73 Å². The van der Waals surface area contributed by atoms with Crippen molar-refractivity contribution < 1.29 is 18.3 Å². The van der Waals surface area contributed by atoms with Crippen LogP contribution >= 0.6 is 0 Å². The van der Waals surface area contributed by atoms with Gasteiger partial charge in [-0.25, -0.2) is 13.2 Å². The first kappa shape index (κ1) is 10.8. The second-order valence-electron chi connectivity index (χ2n) is 3.60. The van der Waals surface area contributed by atoms with E-state index in [0.717, 1.165) is 0 Å². The lowest BCUT2D eigenvalue weighted by molar-refractivity contribution is 0.381. The summed E-state index contributed by atoms with van der Waals surface area (Å²) < 4.78 is 38.5. The van der Waals surface area contributed by atoms with Gasteiger partial charge in [0, 0.05) is 11.6 Å². The van der Waals surface area contributed by atoms with E-state index in [1.54, 1.807) is 0 Å². The zero-order chi connectivity index (χ0) is 11.1. The molecule has 0 atom stereocenters. The van der Waals surface area contributed by atoms with E-state index in [4.69, 9.17) is 5.73 Å². The van der Waals surface area contributed by atoms with Gasteiger partial charge in [0.2, 0.25) is 0 Å². The molecule has 1 aromatic rings. The van der Waals surface area contributed by atoms with Crippen LogP contribution in [0.5, 0.6) is 5.75 Å². The smallest absolute Gasteiger partial charge is 0.195 e. The van der Waals surface area contributed by atoms with E-state index in [1.165, 1.54) is 13.8 Å². The maximum atomic E-state index is 13.2. The third-order valence-electron chi connectivity index (χ3n) is 1.79. The first-order valence-electron chi connectivity index (χ1n) is 3.91. The highest BCUT2D eigenvalue weighted by Crippen LogP contribution is 2.32. The summed E-state index contributed by atoms with van der Waals surface area (Å²) in [6, 6.07) is 0.502. The molecule has 1 rings (SSSR count). The first-order chi connectivity index (χ1) is 6.25. The van der Waals surface area contributed by atoms with Gasteiger partial charge in [-0.1, -0.05) is 0 Å². The zero-order valence-corrected chi connectivity index (χ0v) is 7.74. The largest absolute Gasteiger partial charge is 0.507 e. The highest BCUT2D eigenvalue weighted by Gasteiger charge is 2.27. The molecule has 0 fully saturated rings. The summed E-state index contributed by atoms with van der Waals surface area (Å²) in [5.74, 6) is -5.20. The molecular weight excluding hydrogens is 195 g/mol. The van der Waals surface area contributed by atoms with Gasteiger partial charge < -0.3 is 10.8 Å².